The quantitative estimate of drug-likeness (QED) is 0.645. The molecule has 0 saturated carbocycles. The van der Waals surface area contributed by atoms with Gasteiger partial charge in [0.05, 0.1) is 25.6 Å². The fraction of sp³-hybridized carbons (Fsp3) is 0.556. The Kier molecular flexibility index (Phi) is 5.57. The highest BCUT2D eigenvalue weighted by atomic mass is 19.1. The first-order valence-corrected chi connectivity index (χ1v) is 4.73. The summed E-state index contributed by atoms with van der Waals surface area (Å²) in [6, 6.07) is 0. The Morgan fingerprint density at radius 2 is 2.07 bits per heavy atom. The number of aliphatic hydroxyl groups is 1. The maximum atomic E-state index is 12.4. The number of rotatable bonds is 7. The average Bonchev–Trinajstić information content (AvgIpc) is 2.26. The van der Waals surface area contributed by atoms with Crippen molar-refractivity contribution >= 4 is 5.95 Å². The predicted molar refractivity (Wildman–Crippen MR) is 53.0 cm³/mol. The van der Waals surface area contributed by atoms with E-state index in [9.17, 15) is 4.39 Å². The molecule has 0 atom stereocenters. The molecule has 0 aliphatic heterocycles. The first-order valence-electron chi connectivity index (χ1n) is 4.73. The van der Waals surface area contributed by atoms with Crippen LogP contribution in [0.4, 0.5) is 10.3 Å². The minimum Gasteiger partial charge on any atom is -0.394 e. The van der Waals surface area contributed by atoms with E-state index < -0.39 is 5.82 Å². The Morgan fingerprint density at radius 1 is 1.33 bits per heavy atom. The minimum absolute atomic E-state index is 0.0362. The van der Waals surface area contributed by atoms with Gasteiger partial charge in [-0.3, -0.25) is 0 Å². The highest BCUT2D eigenvalue weighted by Gasteiger charge is 1.95. The number of halogens is 1. The molecule has 0 aliphatic carbocycles. The normalized spacial score (nSPS) is 10.3. The second-order valence-electron chi connectivity index (χ2n) is 2.84. The molecule has 0 bridgehead atoms. The average molecular weight is 215 g/mol. The predicted octanol–water partition coefficient (Wildman–Crippen LogP) is 0.427. The van der Waals surface area contributed by atoms with E-state index in [0.29, 0.717) is 25.7 Å². The molecule has 15 heavy (non-hydrogen) atoms. The molecular weight excluding hydrogens is 201 g/mol. The van der Waals surface area contributed by atoms with Crippen molar-refractivity contribution in [1.82, 2.24) is 9.97 Å². The number of hydrogen-bond donors (Lipinski definition) is 2. The van der Waals surface area contributed by atoms with Gasteiger partial charge in [-0.05, 0) is 6.42 Å². The van der Waals surface area contributed by atoms with Crippen LogP contribution in [-0.2, 0) is 4.74 Å². The fourth-order valence-electron chi connectivity index (χ4n) is 0.945. The van der Waals surface area contributed by atoms with Gasteiger partial charge in [0, 0.05) is 13.2 Å². The molecule has 2 N–H and O–H groups in total. The van der Waals surface area contributed by atoms with Gasteiger partial charge in [-0.1, -0.05) is 0 Å². The first kappa shape index (κ1) is 11.8. The summed E-state index contributed by atoms with van der Waals surface area (Å²) in [5, 5.41) is 11.3. The van der Waals surface area contributed by atoms with Gasteiger partial charge in [-0.15, -0.1) is 0 Å². The summed E-state index contributed by atoms with van der Waals surface area (Å²) < 4.78 is 17.5. The molecule has 0 radical (unpaired) electrons. The second kappa shape index (κ2) is 7.08. The number of nitrogens with zero attached hydrogens (tertiary/aromatic N) is 2. The van der Waals surface area contributed by atoms with Gasteiger partial charge < -0.3 is 15.2 Å². The molecular formula is C9H14FN3O2. The van der Waals surface area contributed by atoms with Crippen molar-refractivity contribution in [2.24, 2.45) is 0 Å². The third-order valence-electron chi connectivity index (χ3n) is 1.60. The van der Waals surface area contributed by atoms with Crippen LogP contribution in [-0.4, -0.2) is 41.4 Å². The molecule has 0 saturated heterocycles. The minimum atomic E-state index is -0.452. The molecule has 1 aromatic rings. The Balaban J connectivity index is 2.07. The summed E-state index contributed by atoms with van der Waals surface area (Å²) in [5.74, 6) is -0.0506. The van der Waals surface area contributed by atoms with Crippen LogP contribution >= 0.6 is 0 Å². The Morgan fingerprint density at radius 3 is 2.73 bits per heavy atom. The van der Waals surface area contributed by atoms with E-state index in [0.717, 1.165) is 18.8 Å². The van der Waals surface area contributed by atoms with Gasteiger partial charge in [0.15, 0.2) is 5.82 Å². The lowest BCUT2D eigenvalue weighted by Crippen LogP contribution is -2.09. The number of aromatic nitrogens is 2. The summed E-state index contributed by atoms with van der Waals surface area (Å²) in [5.41, 5.74) is 0. The lowest BCUT2D eigenvalue weighted by Gasteiger charge is -2.04. The van der Waals surface area contributed by atoms with Crippen LogP contribution < -0.4 is 5.32 Å². The van der Waals surface area contributed by atoms with Crippen molar-refractivity contribution in [3.05, 3.63) is 18.2 Å². The molecule has 0 aliphatic rings. The number of nitrogens with one attached hydrogen (secondary N) is 1. The zero-order valence-corrected chi connectivity index (χ0v) is 8.32. The molecule has 5 nitrogen and oxygen atoms in total. The van der Waals surface area contributed by atoms with Crippen molar-refractivity contribution in [2.75, 3.05) is 31.7 Å². The van der Waals surface area contributed by atoms with Gasteiger partial charge in [0.2, 0.25) is 5.95 Å². The summed E-state index contributed by atoms with van der Waals surface area (Å²) in [4.78, 5) is 7.47. The highest BCUT2D eigenvalue weighted by molar-refractivity contribution is 5.21. The Bertz CT molecular complexity index is 269. The fourth-order valence-corrected chi connectivity index (χ4v) is 0.945. The Hall–Kier alpha value is -1.27. The van der Waals surface area contributed by atoms with Gasteiger partial charge in [-0.2, -0.15) is 0 Å². The molecule has 6 heteroatoms. The summed E-state index contributed by atoms with van der Waals surface area (Å²) in [6.45, 7) is 1.60. The van der Waals surface area contributed by atoms with E-state index in [2.05, 4.69) is 15.3 Å². The third kappa shape index (κ3) is 5.24. The summed E-state index contributed by atoms with van der Waals surface area (Å²) in [7, 11) is 0. The van der Waals surface area contributed by atoms with Crippen LogP contribution in [0.5, 0.6) is 0 Å². The zero-order valence-electron chi connectivity index (χ0n) is 8.32. The van der Waals surface area contributed by atoms with E-state index in [-0.39, 0.29) is 6.61 Å². The van der Waals surface area contributed by atoms with Crippen molar-refractivity contribution < 1.29 is 14.2 Å². The van der Waals surface area contributed by atoms with E-state index in [1.165, 1.54) is 0 Å². The van der Waals surface area contributed by atoms with Crippen LogP contribution in [0.1, 0.15) is 6.42 Å². The van der Waals surface area contributed by atoms with Gasteiger partial charge in [-0.25, -0.2) is 14.4 Å². The Labute approximate surface area is 87.3 Å². The van der Waals surface area contributed by atoms with Crippen LogP contribution in [0, 0.1) is 5.82 Å². The van der Waals surface area contributed by atoms with Crippen molar-refractivity contribution in [3.63, 3.8) is 0 Å². The largest absolute Gasteiger partial charge is 0.394 e. The van der Waals surface area contributed by atoms with Gasteiger partial charge >= 0.3 is 0 Å². The standard InChI is InChI=1S/C9H14FN3O2/c10-8-6-12-9(13-7-8)11-2-1-4-15-5-3-14/h6-7,14H,1-5H2,(H,11,12,13). The monoisotopic (exact) mass is 215 g/mol. The molecule has 84 valence electrons. The van der Waals surface area contributed by atoms with Crippen LogP contribution in [0.15, 0.2) is 12.4 Å². The SMILES string of the molecule is OCCOCCCNc1ncc(F)cn1. The molecule has 1 rings (SSSR count). The summed E-state index contributed by atoms with van der Waals surface area (Å²) >= 11 is 0. The number of anilines is 1. The first-order chi connectivity index (χ1) is 7.33. The van der Waals surface area contributed by atoms with Gasteiger partial charge in [0.1, 0.15) is 0 Å². The molecule has 0 spiro atoms. The number of hydrogen-bond acceptors (Lipinski definition) is 5. The summed E-state index contributed by atoms with van der Waals surface area (Å²) in [6.07, 6.45) is 3.00. The molecule has 1 aromatic heterocycles. The number of ether oxygens (including phenoxy) is 1. The van der Waals surface area contributed by atoms with Gasteiger partial charge in [0.25, 0.3) is 0 Å². The lowest BCUT2D eigenvalue weighted by molar-refractivity contribution is 0.0921. The van der Waals surface area contributed by atoms with Crippen LogP contribution in [0.2, 0.25) is 0 Å². The van der Waals surface area contributed by atoms with E-state index in [4.69, 9.17) is 9.84 Å². The maximum absolute atomic E-state index is 12.4. The highest BCUT2D eigenvalue weighted by Crippen LogP contribution is 1.97. The number of aliphatic hydroxyl groups excluding tert-OH is 1. The van der Waals surface area contributed by atoms with Crippen LogP contribution in [0.3, 0.4) is 0 Å². The zero-order chi connectivity index (χ0) is 10.9. The second-order valence-corrected chi connectivity index (χ2v) is 2.84. The molecule has 0 amide bonds. The topological polar surface area (TPSA) is 67.3 Å². The van der Waals surface area contributed by atoms with E-state index in [1.54, 1.807) is 0 Å². The van der Waals surface area contributed by atoms with Crippen molar-refractivity contribution in [1.29, 1.82) is 0 Å². The third-order valence-corrected chi connectivity index (χ3v) is 1.60. The molecule has 1 heterocycles. The smallest absolute Gasteiger partial charge is 0.222 e. The van der Waals surface area contributed by atoms with Crippen molar-refractivity contribution in [2.45, 2.75) is 6.42 Å². The molecule has 0 aromatic carbocycles. The van der Waals surface area contributed by atoms with Crippen molar-refractivity contribution in [3.8, 4) is 0 Å². The van der Waals surface area contributed by atoms with E-state index in [1.807, 2.05) is 0 Å². The molecule has 0 unspecified atom stereocenters. The van der Waals surface area contributed by atoms with E-state index >= 15 is 0 Å². The van der Waals surface area contributed by atoms with Crippen LogP contribution in [0.25, 0.3) is 0 Å². The maximum Gasteiger partial charge on any atom is 0.222 e. The lowest BCUT2D eigenvalue weighted by atomic mass is 10.4. The molecule has 0 fully saturated rings.